The molecule has 2 saturated carbocycles. The first kappa shape index (κ1) is 22.0. The molecule has 2 aliphatic rings. The highest BCUT2D eigenvalue weighted by atomic mass is 35.5. The van der Waals surface area contributed by atoms with Gasteiger partial charge >= 0.3 is 0 Å². The number of aromatic nitrogens is 4. The average molecular weight is 466 g/mol. The van der Waals surface area contributed by atoms with Crippen LogP contribution < -0.4 is 5.32 Å². The van der Waals surface area contributed by atoms with Gasteiger partial charge in [0.05, 0.1) is 21.9 Å². The summed E-state index contributed by atoms with van der Waals surface area (Å²) in [5, 5.41) is 19.0. The van der Waals surface area contributed by atoms with Crippen molar-refractivity contribution in [2.24, 2.45) is 0 Å². The lowest BCUT2D eigenvalue weighted by atomic mass is 9.94. The van der Waals surface area contributed by atoms with Crippen LogP contribution in [-0.2, 0) is 0 Å². The number of carbonyl (C=O) groups is 1. The Labute approximate surface area is 198 Å². The Hall–Kier alpha value is -2.77. The van der Waals surface area contributed by atoms with E-state index >= 15 is 0 Å². The van der Waals surface area contributed by atoms with E-state index in [1.807, 2.05) is 16.8 Å². The Morgan fingerprint density at radius 2 is 1.94 bits per heavy atom. The zero-order chi connectivity index (χ0) is 22.8. The summed E-state index contributed by atoms with van der Waals surface area (Å²) in [5.41, 5.74) is 2.23. The van der Waals surface area contributed by atoms with E-state index in [1.54, 1.807) is 18.3 Å². The second kappa shape index (κ2) is 9.23. The summed E-state index contributed by atoms with van der Waals surface area (Å²) in [6.45, 7) is 0.237. The number of hydrogen-bond acceptors (Lipinski definition) is 5. The lowest BCUT2D eigenvalue weighted by Crippen LogP contribution is -2.42. The van der Waals surface area contributed by atoms with Crippen LogP contribution in [0.4, 0.5) is 0 Å². The van der Waals surface area contributed by atoms with Crippen molar-refractivity contribution in [2.45, 2.75) is 62.9 Å². The first-order chi connectivity index (χ1) is 16.0. The Morgan fingerprint density at radius 3 is 2.64 bits per heavy atom. The molecule has 0 radical (unpaired) electrons. The number of rotatable bonds is 6. The number of amides is 1. The lowest BCUT2D eigenvalue weighted by molar-refractivity contribution is 0.0246. The topological polar surface area (TPSA) is 92.9 Å². The summed E-state index contributed by atoms with van der Waals surface area (Å²) in [5.74, 6) is 0.912. The number of benzene rings is 1. The first-order valence-corrected chi connectivity index (χ1v) is 12.1. The van der Waals surface area contributed by atoms with Gasteiger partial charge in [0, 0.05) is 36.0 Å². The third kappa shape index (κ3) is 4.94. The third-order valence-electron chi connectivity index (χ3n) is 6.63. The molecule has 33 heavy (non-hydrogen) atoms. The van der Waals surface area contributed by atoms with Crippen LogP contribution >= 0.6 is 11.6 Å². The minimum atomic E-state index is -0.842. The van der Waals surface area contributed by atoms with Crippen LogP contribution in [0.25, 0.3) is 17.1 Å². The molecule has 2 aliphatic carbocycles. The van der Waals surface area contributed by atoms with Gasteiger partial charge in [-0.05, 0) is 43.9 Å². The summed E-state index contributed by atoms with van der Waals surface area (Å²) in [4.78, 5) is 21.3. The molecule has 1 aromatic carbocycles. The number of halogens is 1. The van der Waals surface area contributed by atoms with E-state index in [-0.39, 0.29) is 12.5 Å². The van der Waals surface area contributed by atoms with E-state index < -0.39 is 5.60 Å². The van der Waals surface area contributed by atoms with Crippen molar-refractivity contribution >= 4 is 17.5 Å². The predicted octanol–water partition coefficient (Wildman–Crippen LogP) is 4.68. The Bertz CT molecular complexity index is 1130. The molecule has 0 aliphatic heterocycles. The number of nitrogens with one attached hydrogen (secondary N) is 1. The van der Waals surface area contributed by atoms with Crippen LogP contribution in [0, 0.1) is 0 Å². The van der Waals surface area contributed by atoms with Crippen molar-refractivity contribution in [3.8, 4) is 17.1 Å². The van der Waals surface area contributed by atoms with Gasteiger partial charge in [-0.2, -0.15) is 5.10 Å². The molecule has 0 spiro atoms. The number of aliphatic hydroxyl groups is 1. The highest BCUT2D eigenvalue weighted by Gasteiger charge is 2.30. The van der Waals surface area contributed by atoms with Crippen LogP contribution in [0.3, 0.4) is 0 Å². The van der Waals surface area contributed by atoms with Gasteiger partial charge in [0.15, 0.2) is 5.82 Å². The minimum absolute atomic E-state index is 0.237. The standard InChI is InChI=1S/C25H28ClN5O2/c26-20-8-7-18(13-19(20)24(32)28-15-25(33)10-3-1-2-4-11-25)21-14-22(17-5-6-17)31(30-21)23-9-12-27-16-29-23/h7-9,12-14,16-17,33H,1-6,10-11,15H2,(H,28,32). The third-order valence-corrected chi connectivity index (χ3v) is 6.96. The number of nitrogens with zero attached hydrogens (tertiary/aromatic N) is 4. The van der Waals surface area contributed by atoms with Crippen molar-refractivity contribution in [3.05, 3.63) is 59.1 Å². The van der Waals surface area contributed by atoms with Gasteiger partial charge in [0.1, 0.15) is 6.33 Å². The fraction of sp³-hybridized carbons (Fsp3) is 0.440. The van der Waals surface area contributed by atoms with Crippen molar-refractivity contribution in [1.29, 1.82) is 0 Å². The summed E-state index contributed by atoms with van der Waals surface area (Å²) in [6, 6.07) is 9.28. The molecule has 3 aromatic rings. The number of carbonyl (C=O) groups excluding carboxylic acids is 1. The first-order valence-electron chi connectivity index (χ1n) is 11.7. The summed E-state index contributed by atoms with van der Waals surface area (Å²) in [6.07, 6.45) is 11.1. The summed E-state index contributed by atoms with van der Waals surface area (Å²) >= 11 is 6.39. The van der Waals surface area contributed by atoms with Crippen molar-refractivity contribution in [2.75, 3.05) is 6.54 Å². The average Bonchev–Trinajstić information content (AvgIpc) is 3.62. The highest BCUT2D eigenvalue weighted by molar-refractivity contribution is 6.34. The predicted molar refractivity (Wildman–Crippen MR) is 127 cm³/mol. The van der Waals surface area contributed by atoms with Crippen LogP contribution in [0.15, 0.2) is 42.9 Å². The zero-order valence-corrected chi connectivity index (χ0v) is 19.3. The fourth-order valence-corrected chi connectivity index (χ4v) is 4.76. The van der Waals surface area contributed by atoms with Crippen LogP contribution in [0.1, 0.15) is 73.3 Å². The van der Waals surface area contributed by atoms with E-state index in [2.05, 4.69) is 21.4 Å². The van der Waals surface area contributed by atoms with Crippen molar-refractivity contribution < 1.29 is 9.90 Å². The lowest BCUT2D eigenvalue weighted by Gasteiger charge is -2.26. The normalized spacial score (nSPS) is 18.0. The van der Waals surface area contributed by atoms with Gasteiger partial charge in [-0.25, -0.2) is 14.6 Å². The maximum Gasteiger partial charge on any atom is 0.252 e. The Kier molecular flexibility index (Phi) is 6.17. The van der Waals surface area contributed by atoms with Crippen molar-refractivity contribution in [1.82, 2.24) is 25.1 Å². The minimum Gasteiger partial charge on any atom is -0.388 e. The molecule has 1 amide bonds. The molecule has 2 heterocycles. The Balaban J connectivity index is 1.39. The molecule has 2 aromatic heterocycles. The largest absolute Gasteiger partial charge is 0.388 e. The molecule has 7 nitrogen and oxygen atoms in total. The molecule has 2 N–H and O–H groups in total. The molecule has 0 saturated heterocycles. The van der Waals surface area contributed by atoms with E-state index in [1.165, 1.54) is 6.33 Å². The van der Waals surface area contributed by atoms with Gasteiger partial charge in [-0.3, -0.25) is 4.79 Å². The smallest absolute Gasteiger partial charge is 0.252 e. The molecular weight excluding hydrogens is 438 g/mol. The molecule has 172 valence electrons. The van der Waals surface area contributed by atoms with Crippen LogP contribution in [0.2, 0.25) is 5.02 Å². The SMILES string of the molecule is O=C(NCC1(O)CCCCCC1)c1cc(-c2cc(C3CC3)n(-c3ccncn3)n2)ccc1Cl. The Morgan fingerprint density at radius 1 is 1.15 bits per heavy atom. The van der Waals surface area contributed by atoms with Gasteiger partial charge in [-0.15, -0.1) is 0 Å². The van der Waals surface area contributed by atoms with Crippen molar-refractivity contribution in [3.63, 3.8) is 0 Å². The van der Waals surface area contributed by atoms with Gasteiger partial charge in [0.2, 0.25) is 0 Å². The molecule has 0 unspecified atom stereocenters. The van der Waals surface area contributed by atoms with E-state index in [0.29, 0.717) is 29.3 Å². The molecule has 5 rings (SSSR count). The van der Waals surface area contributed by atoms with Crippen LogP contribution in [0.5, 0.6) is 0 Å². The second-order valence-corrected chi connectivity index (χ2v) is 9.63. The summed E-state index contributed by atoms with van der Waals surface area (Å²) < 4.78 is 1.87. The molecule has 0 bridgehead atoms. The molecule has 8 heteroatoms. The highest BCUT2D eigenvalue weighted by Crippen LogP contribution is 2.42. The maximum absolute atomic E-state index is 13.0. The van der Waals surface area contributed by atoms with Gasteiger partial charge < -0.3 is 10.4 Å². The van der Waals surface area contributed by atoms with Gasteiger partial charge in [0.25, 0.3) is 5.91 Å². The fourth-order valence-electron chi connectivity index (χ4n) is 4.56. The maximum atomic E-state index is 13.0. The van der Waals surface area contributed by atoms with E-state index in [4.69, 9.17) is 16.7 Å². The quantitative estimate of drug-likeness (QED) is 0.516. The number of hydrogen-bond donors (Lipinski definition) is 2. The van der Waals surface area contributed by atoms with E-state index in [9.17, 15) is 9.90 Å². The van der Waals surface area contributed by atoms with Gasteiger partial charge in [-0.1, -0.05) is 43.4 Å². The molecule has 0 atom stereocenters. The molecule has 2 fully saturated rings. The van der Waals surface area contributed by atoms with Crippen LogP contribution in [-0.4, -0.2) is 42.9 Å². The zero-order valence-electron chi connectivity index (χ0n) is 18.5. The monoisotopic (exact) mass is 465 g/mol. The second-order valence-electron chi connectivity index (χ2n) is 9.22. The molecular formula is C25H28ClN5O2. The van der Waals surface area contributed by atoms with E-state index in [0.717, 1.165) is 61.3 Å². The summed E-state index contributed by atoms with van der Waals surface area (Å²) in [7, 11) is 0.